The lowest BCUT2D eigenvalue weighted by Gasteiger charge is -2.11. The topological polar surface area (TPSA) is 74.5 Å². The van der Waals surface area contributed by atoms with E-state index < -0.39 is 0 Å². The summed E-state index contributed by atoms with van der Waals surface area (Å²) in [4.78, 5) is 10.9. The Kier molecular flexibility index (Phi) is 8.02. The van der Waals surface area contributed by atoms with Gasteiger partial charge in [-0.2, -0.15) is 15.1 Å². The van der Waals surface area contributed by atoms with E-state index >= 15 is 0 Å². The van der Waals surface area contributed by atoms with Crippen LogP contribution in [0.2, 0.25) is 0 Å². The number of aromatic nitrogens is 4. The molecule has 2 aromatic heterocycles. The lowest BCUT2D eigenvalue weighted by atomic mass is 10.1. The summed E-state index contributed by atoms with van der Waals surface area (Å²) < 4.78 is 18.7. The lowest BCUT2D eigenvalue weighted by molar-refractivity contribution is 0.280. The van der Waals surface area contributed by atoms with Crippen molar-refractivity contribution in [1.29, 1.82) is 0 Å². The smallest absolute Gasteiger partial charge is 0.320 e. The van der Waals surface area contributed by atoms with Gasteiger partial charge >= 0.3 is 6.01 Å². The van der Waals surface area contributed by atoms with Crippen LogP contribution in [0.15, 0.2) is 48.8 Å². The van der Waals surface area contributed by atoms with Crippen LogP contribution < -0.4 is 14.2 Å². The Labute approximate surface area is 177 Å². The van der Waals surface area contributed by atoms with E-state index in [1.54, 1.807) is 13.3 Å². The molecule has 3 rings (SSSR count). The minimum absolute atomic E-state index is 0.276. The van der Waals surface area contributed by atoms with Crippen LogP contribution in [0.5, 0.6) is 17.6 Å². The fraction of sp³-hybridized carbons (Fsp3) is 0.409. The van der Waals surface area contributed by atoms with Crippen LogP contribution in [0.1, 0.15) is 12.8 Å². The van der Waals surface area contributed by atoms with Crippen molar-refractivity contribution in [2.75, 3.05) is 41.0 Å². The monoisotopic (exact) mass is 411 g/mol. The molecule has 0 amide bonds. The minimum atomic E-state index is 0.276. The molecule has 0 aliphatic heterocycles. The SMILES string of the molecule is COc1nc(OCCCn2cccn2)cc(-c2ccc(OCCCN(C)C)cc2)n1. The van der Waals surface area contributed by atoms with E-state index in [0.717, 1.165) is 42.9 Å². The lowest BCUT2D eigenvalue weighted by Crippen LogP contribution is -2.15. The van der Waals surface area contributed by atoms with E-state index in [1.807, 2.05) is 47.3 Å². The molecule has 0 spiro atoms. The van der Waals surface area contributed by atoms with Gasteiger partial charge in [0.25, 0.3) is 0 Å². The average molecular weight is 412 g/mol. The molecule has 0 atom stereocenters. The van der Waals surface area contributed by atoms with Gasteiger partial charge in [0.05, 0.1) is 26.0 Å². The number of nitrogens with zero attached hydrogens (tertiary/aromatic N) is 5. The number of ether oxygens (including phenoxy) is 3. The second kappa shape index (κ2) is 11.2. The number of benzene rings is 1. The summed E-state index contributed by atoms with van der Waals surface area (Å²) in [6.45, 7) is 3.01. The van der Waals surface area contributed by atoms with Gasteiger partial charge in [-0.25, -0.2) is 0 Å². The van der Waals surface area contributed by atoms with Crippen LogP contribution in [-0.4, -0.2) is 65.6 Å². The summed E-state index contributed by atoms with van der Waals surface area (Å²) in [6, 6.07) is 11.9. The van der Waals surface area contributed by atoms with Gasteiger partial charge < -0.3 is 19.1 Å². The normalized spacial score (nSPS) is 10.9. The minimum Gasteiger partial charge on any atom is -0.494 e. The number of rotatable bonds is 12. The van der Waals surface area contributed by atoms with Crippen molar-refractivity contribution < 1.29 is 14.2 Å². The Bertz CT molecular complexity index is 882. The Hall–Kier alpha value is -3.13. The Morgan fingerprint density at radius 2 is 1.80 bits per heavy atom. The summed E-state index contributed by atoms with van der Waals surface area (Å²) in [5.41, 5.74) is 1.68. The molecule has 0 N–H and O–H groups in total. The highest BCUT2D eigenvalue weighted by atomic mass is 16.5. The predicted molar refractivity (Wildman–Crippen MR) is 115 cm³/mol. The zero-order valence-electron chi connectivity index (χ0n) is 17.8. The molecule has 8 heteroatoms. The highest BCUT2D eigenvalue weighted by Gasteiger charge is 2.09. The Balaban J connectivity index is 1.58. The number of hydrogen-bond donors (Lipinski definition) is 0. The van der Waals surface area contributed by atoms with Crippen molar-refractivity contribution in [2.45, 2.75) is 19.4 Å². The summed E-state index contributed by atoms with van der Waals surface area (Å²) >= 11 is 0. The van der Waals surface area contributed by atoms with E-state index in [4.69, 9.17) is 14.2 Å². The summed E-state index contributed by atoms with van der Waals surface area (Å²) in [6.07, 6.45) is 5.51. The van der Waals surface area contributed by atoms with Crippen LogP contribution >= 0.6 is 0 Å². The second-order valence-corrected chi connectivity index (χ2v) is 7.08. The van der Waals surface area contributed by atoms with Crippen molar-refractivity contribution in [3.05, 3.63) is 48.8 Å². The van der Waals surface area contributed by atoms with Gasteiger partial charge in [0.2, 0.25) is 5.88 Å². The van der Waals surface area contributed by atoms with Crippen molar-refractivity contribution in [3.63, 3.8) is 0 Å². The van der Waals surface area contributed by atoms with Crippen molar-refractivity contribution >= 4 is 0 Å². The van der Waals surface area contributed by atoms with Crippen LogP contribution in [-0.2, 0) is 6.54 Å². The maximum atomic E-state index is 5.82. The molecular weight excluding hydrogens is 382 g/mol. The van der Waals surface area contributed by atoms with Gasteiger partial charge in [-0.05, 0) is 50.8 Å². The first-order valence-electron chi connectivity index (χ1n) is 10.1. The van der Waals surface area contributed by atoms with E-state index in [1.165, 1.54) is 0 Å². The standard InChI is InChI=1S/C22H29N5O3/c1-26(2)12-5-15-29-19-9-7-18(8-10-19)20-17-21(25-22(24-20)28-3)30-16-6-14-27-13-4-11-23-27/h4,7-11,13,17H,5-6,12,14-16H2,1-3H3. The van der Waals surface area contributed by atoms with E-state index in [0.29, 0.717) is 19.1 Å². The largest absolute Gasteiger partial charge is 0.494 e. The van der Waals surface area contributed by atoms with Gasteiger partial charge in [-0.3, -0.25) is 4.68 Å². The number of hydrogen-bond acceptors (Lipinski definition) is 7. The van der Waals surface area contributed by atoms with E-state index in [2.05, 4.69) is 34.1 Å². The van der Waals surface area contributed by atoms with Gasteiger partial charge in [0.1, 0.15) is 5.75 Å². The summed E-state index contributed by atoms with van der Waals surface area (Å²) in [5.74, 6) is 1.33. The van der Waals surface area contributed by atoms with E-state index in [-0.39, 0.29) is 6.01 Å². The highest BCUT2D eigenvalue weighted by Crippen LogP contribution is 2.25. The molecular formula is C22H29N5O3. The third-order valence-electron chi connectivity index (χ3n) is 4.37. The maximum Gasteiger partial charge on any atom is 0.320 e. The summed E-state index contributed by atoms with van der Waals surface area (Å²) in [5, 5.41) is 4.18. The fourth-order valence-corrected chi connectivity index (χ4v) is 2.85. The molecule has 0 radical (unpaired) electrons. The van der Waals surface area contributed by atoms with Crippen LogP contribution in [0.25, 0.3) is 11.3 Å². The predicted octanol–water partition coefficient (Wildman–Crippen LogP) is 3.15. The number of methoxy groups -OCH3 is 1. The third-order valence-corrected chi connectivity index (χ3v) is 4.37. The van der Waals surface area contributed by atoms with Gasteiger partial charge in [-0.15, -0.1) is 0 Å². The van der Waals surface area contributed by atoms with Crippen LogP contribution in [0.3, 0.4) is 0 Å². The van der Waals surface area contributed by atoms with E-state index in [9.17, 15) is 0 Å². The highest BCUT2D eigenvalue weighted by molar-refractivity contribution is 5.61. The Morgan fingerprint density at radius 1 is 1.00 bits per heavy atom. The van der Waals surface area contributed by atoms with Crippen molar-refractivity contribution in [2.24, 2.45) is 0 Å². The summed E-state index contributed by atoms with van der Waals surface area (Å²) in [7, 11) is 5.66. The van der Waals surface area contributed by atoms with Gasteiger partial charge in [0, 0.05) is 43.5 Å². The van der Waals surface area contributed by atoms with Crippen LogP contribution in [0, 0.1) is 0 Å². The molecule has 0 aliphatic carbocycles. The molecule has 0 saturated heterocycles. The molecule has 0 unspecified atom stereocenters. The quantitative estimate of drug-likeness (QED) is 0.424. The molecule has 0 bridgehead atoms. The molecule has 3 aromatic rings. The molecule has 160 valence electrons. The zero-order chi connectivity index (χ0) is 21.2. The zero-order valence-corrected chi connectivity index (χ0v) is 17.8. The van der Waals surface area contributed by atoms with Crippen molar-refractivity contribution in [3.8, 4) is 28.9 Å². The van der Waals surface area contributed by atoms with Crippen LogP contribution in [0.4, 0.5) is 0 Å². The average Bonchev–Trinajstić information content (AvgIpc) is 3.28. The number of aryl methyl sites for hydroxylation is 1. The molecule has 8 nitrogen and oxygen atoms in total. The van der Waals surface area contributed by atoms with Gasteiger partial charge in [-0.1, -0.05) is 0 Å². The molecule has 0 fully saturated rings. The molecule has 0 saturated carbocycles. The van der Waals surface area contributed by atoms with Crippen molar-refractivity contribution in [1.82, 2.24) is 24.6 Å². The van der Waals surface area contributed by atoms with Gasteiger partial charge in [0.15, 0.2) is 0 Å². The molecule has 0 aliphatic rings. The maximum absolute atomic E-state index is 5.82. The third kappa shape index (κ3) is 6.73. The first-order valence-corrected chi connectivity index (χ1v) is 10.1. The molecule has 30 heavy (non-hydrogen) atoms. The fourth-order valence-electron chi connectivity index (χ4n) is 2.85. The Morgan fingerprint density at radius 3 is 2.50 bits per heavy atom. The first kappa shape index (κ1) is 21.6. The first-order chi connectivity index (χ1) is 14.6. The molecule has 1 aromatic carbocycles. The molecule has 2 heterocycles. The second-order valence-electron chi connectivity index (χ2n) is 7.08.